The number of nitrogens with one attached hydrogen (secondary N) is 2. The third-order valence-electron chi connectivity index (χ3n) is 2.59. The summed E-state index contributed by atoms with van der Waals surface area (Å²) in [5, 5.41) is 2.57. The van der Waals surface area contributed by atoms with Gasteiger partial charge in [-0.25, -0.2) is 17.9 Å². The van der Waals surface area contributed by atoms with Gasteiger partial charge in [0.05, 0.1) is 4.90 Å². The van der Waals surface area contributed by atoms with Crippen molar-refractivity contribution in [1.82, 2.24) is 14.9 Å². The zero-order chi connectivity index (χ0) is 15.3. The number of nitrogens with two attached hydrogens (primary N) is 1. The molecule has 0 spiro atoms. The average Bonchev–Trinajstić information content (AvgIpc) is 2.33. The number of hydrogen-bond donors (Lipinski definition) is 3. The van der Waals surface area contributed by atoms with Gasteiger partial charge in [-0.15, -0.1) is 0 Å². The van der Waals surface area contributed by atoms with E-state index in [1.54, 1.807) is 27.1 Å². The Kier molecular flexibility index (Phi) is 5.34. The second-order valence-corrected chi connectivity index (χ2v) is 6.28. The Balaban J connectivity index is 2.60. The lowest BCUT2D eigenvalue weighted by Gasteiger charge is -2.13. The molecular weight excluding hydrogens is 280 g/mol. The van der Waals surface area contributed by atoms with Crippen LogP contribution in [0.5, 0.6) is 0 Å². The van der Waals surface area contributed by atoms with Gasteiger partial charge in [0.15, 0.2) is 0 Å². The summed E-state index contributed by atoms with van der Waals surface area (Å²) in [5.41, 5.74) is 6.68. The largest absolute Gasteiger partial charge is 0.399 e. The lowest BCUT2D eigenvalue weighted by molar-refractivity contribution is 0.217. The van der Waals surface area contributed by atoms with E-state index < -0.39 is 10.0 Å². The summed E-state index contributed by atoms with van der Waals surface area (Å²) in [6.07, 6.45) is 0. The molecule has 2 amide bonds. The smallest absolute Gasteiger partial charge is 0.316 e. The fraction of sp³-hybridized carbons (Fsp3) is 0.417. The Hall–Kier alpha value is -1.80. The van der Waals surface area contributed by atoms with Gasteiger partial charge >= 0.3 is 6.03 Å². The molecule has 8 heteroatoms. The van der Waals surface area contributed by atoms with Crippen molar-refractivity contribution in [2.75, 3.05) is 32.9 Å². The number of carbonyl (C=O) groups is 1. The van der Waals surface area contributed by atoms with E-state index in [2.05, 4.69) is 10.0 Å². The van der Waals surface area contributed by atoms with E-state index >= 15 is 0 Å². The lowest BCUT2D eigenvalue weighted by atomic mass is 10.2. The summed E-state index contributed by atoms with van der Waals surface area (Å²) in [5.74, 6) is 0. The molecule has 0 saturated heterocycles. The van der Waals surface area contributed by atoms with Crippen molar-refractivity contribution in [1.29, 1.82) is 0 Å². The molecule has 0 atom stereocenters. The van der Waals surface area contributed by atoms with E-state index in [0.29, 0.717) is 11.3 Å². The van der Waals surface area contributed by atoms with Gasteiger partial charge in [0.1, 0.15) is 0 Å². The Morgan fingerprint density at radius 3 is 2.50 bits per heavy atom. The van der Waals surface area contributed by atoms with Crippen LogP contribution in [-0.4, -0.2) is 46.5 Å². The Bertz CT molecular complexity index is 584. The first-order valence-electron chi connectivity index (χ1n) is 6.05. The zero-order valence-corrected chi connectivity index (χ0v) is 12.6. The predicted molar refractivity (Wildman–Crippen MR) is 77.9 cm³/mol. The van der Waals surface area contributed by atoms with Crippen molar-refractivity contribution in [3.05, 3.63) is 23.8 Å². The molecule has 20 heavy (non-hydrogen) atoms. The fourth-order valence-electron chi connectivity index (χ4n) is 1.56. The third kappa shape index (κ3) is 4.39. The zero-order valence-electron chi connectivity index (χ0n) is 11.8. The maximum Gasteiger partial charge on any atom is 0.316 e. The molecule has 0 aliphatic rings. The molecule has 7 nitrogen and oxygen atoms in total. The van der Waals surface area contributed by atoms with Crippen LogP contribution < -0.4 is 15.8 Å². The van der Waals surface area contributed by atoms with Crippen LogP contribution in [0.4, 0.5) is 10.5 Å². The van der Waals surface area contributed by atoms with Crippen LogP contribution in [0.1, 0.15) is 5.56 Å². The monoisotopic (exact) mass is 300 g/mol. The van der Waals surface area contributed by atoms with E-state index in [1.165, 1.54) is 17.0 Å². The van der Waals surface area contributed by atoms with Crippen LogP contribution in [0, 0.1) is 6.92 Å². The number of aryl methyl sites for hydroxylation is 1. The quantitative estimate of drug-likeness (QED) is 0.531. The van der Waals surface area contributed by atoms with Crippen LogP contribution in [-0.2, 0) is 10.0 Å². The number of sulfonamides is 1. The molecule has 0 radical (unpaired) electrons. The average molecular weight is 300 g/mol. The molecule has 1 aromatic carbocycles. The highest BCUT2D eigenvalue weighted by Gasteiger charge is 2.16. The van der Waals surface area contributed by atoms with Crippen molar-refractivity contribution in [2.24, 2.45) is 0 Å². The van der Waals surface area contributed by atoms with Crippen molar-refractivity contribution in [3.63, 3.8) is 0 Å². The van der Waals surface area contributed by atoms with Gasteiger partial charge < -0.3 is 16.0 Å². The number of nitrogens with zero attached hydrogens (tertiary/aromatic N) is 1. The van der Waals surface area contributed by atoms with Gasteiger partial charge in [-0.3, -0.25) is 0 Å². The number of benzene rings is 1. The first-order valence-corrected chi connectivity index (χ1v) is 7.53. The number of urea groups is 1. The summed E-state index contributed by atoms with van der Waals surface area (Å²) in [6.45, 7) is 2.01. The molecular formula is C12H20N4O3S. The number of anilines is 1. The standard InChI is InChI=1S/C12H20N4O3S/c1-9-8-10(13)4-5-11(9)20(18,19)15-7-6-14-12(17)16(2)3/h4-5,8,15H,6-7,13H2,1-3H3,(H,14,17). The van der Waals surface area contributed by atoms with Crippen molar-refractivity contribution in [2.45, 2.75) is 11.8 Å². The molecule has 0 aliphatic heterocycles. The van der Waals surface area contributed by atoms with Crippen molar-refractivity contribution >= 4 is 21.7 Å². The molecule has 0 fully saturated rings. The van der Waals surface area contributed by atoms with E-state index in [9.17, 15) is 13.2 Å². The number of hydrogen-bond acceptors (Lipinski definition) is 4. The van der Waals surface area contributed by atoms with Gasteiger partial charge in [0, 0.05) is 32.9 Å². The minimum Gasteiger partial charge on any atom is -0.399 e. The highest BCUT2D eigenvalue weighted by Crippen LogP contribution is 2.17. The minimum atomic E-state index is -3.60. The first-order chi connectivity index (χ1) is 9.24. The minimum absolute atomic E-state index is 0.117. The van der Waals surface area contributed by atoms with E-state index in [-0.39, 0.29) is 24.0 Å². The highest BCUT2D eigenvalue weighted by atomic mass is 32.2. The number of rotatable bonds is 5. The lowest BCUT2D eigenvalue weighted by Crippen LogP contribution is -2.39. The Labute approximate surface area is 119 Å². The van der Waals surface area contributed by atoms with Gasteiger partial charge in [0.2, 0.25) is 10.0 Å². The molecule has 1 rings (SSSR count). The van der Waals surface area contributed by atoms with Crippen LogP contribution in [0.25, 0.3) is 0 Å². The molecule has 0 aromatic heterocycles. The number of amides is 2. The molecule has 0 bridgehead atoms. The van der Waals surface area contributed by atoms with Crippen molar-refractivity contribution in [3.8, 4) is 0 Å². The van der Waals surface area contributed by atoms with Crippen LogP contribution in [0.15, 0.2) is 23.1 Å². The van der Waals surface area contributed by atoms with Crippen molar-refractivity contribution < 1.29 is 13.2 Å². The van der Waals surface area contributed by atoms with Crippen LogP contribution in [0.3, 0.4) is 0 Å². The SMILES string of the molecule is Cc1cc(N)ccc1S(=O)(=O)NCCNC(=O)N(C)C. The molecule has 1 aromatic rings. The number of carbonyl (C=O) groups excluding carboxylic acids is 1. The molecule has 0 aliphatic carbocycles. The van der Waals surface area contributed by atoms with E-state index in [4.69, 9.17) is 5.73 Å². The maximum atomic E-state index is 12.1. The Morgan fingerprint density at radius 1 is 1.30 bits per heavy atom. The molecule has 4 N–H and O–H groups in total. The normalized spacial score (nSPS) is 11.2. The summed E-state index contributed by atoms with van der Waals surface area (Å²) >= 11 is 0. The van der Waals surface area contributed by atoms with Gasteiger partial charge in [0.25, 0.3) is 0 Å². The first kappa shape index (κ1) is 16.3. The van der Waals surface area contributed by atoms with Gasteiger partial charge in [-0.2, -0.15) is 0 Å². The third-order valence-corrected chi connectivity index (χ3v) is 4.21. The summed E-state index contributed by atoms with van der Waals surface area (Å²) in [7, 11) is -0.380. The highest BCUT2D eigenvalue weighted by molar-refractivity contribution is 7.89. The van der Waals surface area contributed by atoms with Gasteiger partial charge in [-0.05, 0) is 30.7 Å². The molecule has 0 unspecified atom stereocenters. The second-order valence-electron chi connectivity index (χ2n) is 4.55. The van der Waals surface area contributed by atoms with Crippen LogP contribution >= 0.6 is 0 Å². The van der Waals surface area contributed by atoms with Gasteiger partial charge in [-0.1, -0.05) is 0 Å². The molecule has 112 valence electrons. The molecule has 0 saturated carbocycles. The maximum absolute atomic E-state index is 12.1. The van der Waals surface area contributed by atoms with E-state index in [1.807, 2.05) is 0 Å². The topological polar surface area (TPSA) is 105 Å². The molecule has 0 heterocycles. The predicted octanol–water partition coefficient (Wildman–Crippen LogP) is 0.127. The summed E-state index contributed by atoms with van der Waals surface area (Å²) < 4.78 is 26.6. The number of nitrogen functional groups attached to an aromatic ring is 1. The summed E-state index contributed by atoms with van der Waals surface area (Å²) in [4.78, 5) is 12.8. The summed E-state index contributed by atoms with van der Waals surface area (Å²) in [6, 6.07) is 4.33. The Morgan fingerprint density at radius 2 is 1.95 bits per heavy atom. The fourth-order valence-corrected chi connectivity index (χ4v) is 2.82. The van der Waals surface area contributed by atoms with E-state index in [0.717, 1.165) is 0 Å². The second kappa shape index (κ2) is 6.58. The van der Waals surface area contributed by atoms with Crippen LogP contribution in [0.2, 0.25) is 0 Å².